The molecule has 6 heteroatoms. The van der Waals surface area contributed by atoms with E-state index in [4.69, 9.17) is 10.2 Å². The highest BCUT2D eigenvalue weighted by Gasteiger charge is 2.22. The van der Waals surface area contributed by atoms with Gasteiger partial charge in [0.15, 0.2) is 4.34 Å². The summed E-state index contributed by atoms with van der Waals surface area (Å²) in [5.74, 6) is 2.60. The Morgan fingerprint density at radius 1 is 1.41 bits per heavy atom. The Kier molecular flexibility index (Phi) is 3.86. The number of furan rings is 1. The van der Waals surface area contributed by atoms with Gasteiger partial charge in [-0.05, 0) is 44.4 Å². The van der Waals surface area contributed by atoms with E-state index in [1.54, 1.807) is 11.8 Å². The van der Waals surface area contributed by atoms with E-state index < -0.39 is 0 Å². The van der Waals surface area contributed by atoms with Crippen LogP contribution in [0.25, 0.3) is 0 Å². The lowest BCUT2D eigenvalue weighted by molar-refractivity contribution is 0.464. The van der Waals surface area contributed by atoms with Crippen LogP contribution in [0.15, 0.2) is 20.9 Å². The van der Waals surface area contributed by atoms with Gasteiger partial charge in [0, 0.05) is 6.04 Å². The first-order chi connectivity index (χ1) is 8.06. The Morgan fingerprint density at radius 3 is 2.65 bits per heavy atom. The minimum absolute atomic E-state index is 0.00486. The maximum absolute atomic E-state index is 6.01. The average molecular weight is 269 g/mol. The van der Waals surface area contributed by atoms with E-state index in [0.717, 1.165) is 21.7 Å². The lowest BCUT2D eigenvalue weighted by Crippen LogP contribution is -2.22. The molecule has 0 fully saturated rings. The van der Waals surface area contributed by atoms with Crippen molar-refractivity contribution in [2.24, 2.45) is 5.73 Å². The van der Waals surface area contributed by atoms with Gasteiger partial charge in [-0.25, -0.2) is 4.98 Å². The summed E-state index contributed by atoms with van der Waals surface area (Å²) in [4.78, 5) is 4.34. The average Bonchev–Trinajstić information content (AvgIpc) is 2.83. The molecule has 2 unspecified atom stereocenters. The van der Waals surface area contributed by atoms with Crippen LogP contribution in [-0.2, 0) is 0 Å². The van der Waals surface area contributed by atoms with Gasteiger partial charge in [-0.15, -0.1) is 0 Å². The lowest BCUT2D eigenvalue weighted by Gasteiger charge is -2.16. The molecule has 0 saturated carbocycles. The van der Waals surface area contributed by atoms with E-state index in [2.05, 4.69) is 9.36 Å². The number of hydrogen-bond donors (Lipinski definition) is 1. The van der Waals surface area contributed by atoms with Crippen LogP contribution in [0.5, 0.6) is 0 Å². The Bertz CT molecular complexity index is 492. The number of hydrogen-bond acceptors (Lipinski definition) is 6. The highest BCUT2D eigenvalue weighted by atomic mass is 32.2. The first kappa shape index (κ1) is 12.6. The Balaban J connectivity index is 2.18. The van der Waals surface area contributed by atoms with Gasteiger partial charge in [-0.3, -0.25) is 0 Å². The summed E-state index contributed by atoms with van der Waals surface area (Å²) < 4.78 is 10.7. The molecule has 0 aliphatic rings. The number of nitrogens with two attached hydrogens (primary N) is 1. The second kappa shape index (κ2) is 5.20. The van der Waals surface area contributed by atoms with Crippen molar-refractivity contribution in [1.82, 2.24) is 9.36 Å². The fourth-order valence-electron chi connectivity index (χ4n) is 1.47. The van der Waals surface area contributed by atoms with E-state index in [9.17, 15) is 0 Å². The normalized spacial score (nSPS) is 14.8. The van der Waals surface area contributed by atoms with Crippen molar-refractivity contribution in [1.29, 1.82) is 0 Å². The molecule has 2 atom stereocenters. The quantitative estimate of drug-likeness (QED) is 0.864. The molecule has 0 radical (unpaired) electrons. The first-order valence-electron chi connectivity index (χ1n) is 5.35. The van der Waals surface area contributed by atoms with Crippen LogP contribution in [-0.4, -0.2) is 15.4 Å². The fraction of sp³-hybridized carbons (Fsp3) is 0.455. The largest absolute Gasteiger partial charge is 0.465 e. The molecule has 2 aromatic rings. The molecule has 17 heavy (non-hydrogen) atoms. The molecule has 92 valence electrons. The monoisotopic (exact) mass is 269 g/mol. The molecule has 4 nitrogen and oxygen atoms in total. The zero-order chi connectivity index (χ0) is 12.4. The summed E-state index contributed by atoms with van der Waals surface area (Å²) in [5.41, 5.74) is 6.01. The Labute approximate surface area is 109 Å². The van der Waals surface area contributed by atoms with Crippen LogP contribution >= 0.6 is 23.3 Å². The maximum Gasteiger partial charge on any atom is 0.170 e. The molecule has 0 aromatic carbocycles. The van der Waals surface area contributed by atoms with Gasteiger partial charge in [-0.2, -0.15) is 4.37 Å². The fourth-order valence-corrected chi connectivity index (χ4v) is 3.34. The summed E-state index contributed by atoms with van der Waals surface area (Å²) in [5, 5.41) is 0.0797. The molecule has 0 aliphatic heterocycles. The Morgan fingerprint density at radius 2 is 2.18 bits per heavy atom. The molecular formula is C11H15N3OS2. The maximum atomic E-state index is 6.01. The topological polar surface area (TPSA) is 64.9 Å². The molecule has 0 spiro atoms. The predicted molar refractivity (Wildman–Crippen MR) is 70.3 cm³/mol. The van der Waals surface area contributed by atoms with E-state index in [0.29, 0.717) is 0 Å². The zero-order valence-corrected chi connectivity index (χ0v) is 11.6. The summed E-state index contributed by atoms with van der Waals surface area (Å²) in [6, 6.07) is 3.93. The third-order valence-electron chi connectivity index (χ3n) is 2.26. The molecule has 2 aromatic heterocycles. The number of thioether (sulfide) groups is 1. The van der Waals surface area contributed by atoms with Crippen LogP contribution < -0.4 is 5.73 Å². The molecular weight excluding hydrogens is 254 g/mol. The van der Waals surface area contributed by atoms with Gasteiger partial charge >= 0.3 is 0 Å². The van der Waals surface area contributed by atoms with Crippen molar-refractivity contribution < 1.29 is 4.42 Å². The number of nitrogens with zero attached hydrogens (tertiary/aromatic N) is 2. The highest BCUT2D eigenvalue weighted by Crippen LogP contribution is 2.38. The molecule has 2 N–H and O–H groups in total. The van der Waals surface area contributed by atoms with Crippen molar-refractivity contribution in [3.8, 4) is 0 Å². The van der Waals surface area contributed by atoms with Crippen molar-refractivity contribution >= 4 is 23.3 Å². The minimum atomic E-state index is -0.00486. The van der Waals surface area contributed by atoms with Crippen LogP contribution in [0.2, 0.25) is 0 Å². The standard InChI is InChI=1S/C11H15N3OS2/c1-6-4-5-9(15-6)10(7(2)12)16-11-13-8(3)14-17-11/h4-5,7,10H,12H2,1-3H3. The molecule has 0 amide bonds. The molecule has 2 rings (SSSR count). The molecule has 0 bridgehead atoms. The minimum Gasteiger partial charge on any atom is -0.465 e. The van der Waals surface area contributed by atoms with Gasteiger partial charge in [0.1, 0.15) is 17.3 Å². The SMILES string of the molecule is Cc1nsc(SC(c2ccc(C)o2)C(C)N)n1. The molecule has 0 saturated heterocycles. The van der Waals surface area contributed by atoms with Gasteiger partial charge in [0.05, 0.1) is 5.25 Å². The van der Waals surface area contributed by atoms with Crippen molar-refractivity contribution in [3.05, 3.63) is 29.5 Å². The van der Waals surface area contributed by atoms with Gasteiger partial charge in [-0.1, -0.05) is 11.8 Å². The number of aryl methyl sites for hydroxylation is 2. The second-order valence-corrected chi connectivity index (χ2v) is 6.09. The third-order valence-corrected chi connectivity index (χ3v) is 4.58. The first-order valence-corrected chi connectivity index (χ1v) is 7.00. The van der Waals surface area contributed by atoms with Crippen LogP contribution in [0.1, 0.15) is 29.5 Å². The summed E-state index contributed by atoms with van der Waals surface area (Å²) in [6.45, 7) is 5.80. The lowest BCUT2D eigenvalue weighted by atomic mass is 10.2. The van der Waals surface area contributed by atoms with Crippen molar-refractivity contribution in [2.45, 2.75) is 36.4 Å². The van der Waals surface area contributed by atoms with Crippen molar-refractivity contribution in [3.63, 3.8) is 0 Å². The van der Waals surface area contributed by atoms with E-state index in [-0.39, 0.29) is 11.3 Å². The molecule has 2 heterocycles. The molecule has 0 aliphatic carbocycles. The van der Waals surface area contributed by atoms with Gasteiger partial charge in [0.25, 0.3) is 0 Å². The number of aromatic nitrogens is 2. The van der Waals surface area contributed by atoms with Crippen LogP contribution in [0, 0.1) is 13.8 Å². The van der Waals surface area contributed by atoms with E-state index in [1.165, 1.54) is 11.5 Å². The van der Waals surface area contributed by atoms with Gasteiger partial charge in [0.2, 0.25) is 0 Å². The predicted octanol–water partition coefficient (Wildman–Crippen LogP) is 2.93. The number of rotatable bonds is 4. The van der Waals surface area contributed by atoms with Crippen molar-refractivity contribution in [2.75, 3.05) is 0 Å². The highest BCUT2D eigenvalue weighted by molar-refractivity contribution is 8.01. The van der Waals surface area contributed by atoms with Gasteiger partial charge < -0.3 is 10.2 Å². The van der Waals surface area contributed by atoms with Crippen LogP contribution in [0.4, 0.5) is 0 Å². The summed E-state index contributed by atoms with van der Waals surface area (Å²) in [7, 11) is 0. The van der Waals surface area contributed by atoms with E-state index >= 15 is 0 Å². The smallest absolute Gasteiger partial charge is 0.170 e. The van der Waals surface area contributed by atoms with E-state index in [1.807, 2.05) is 32.9 Å². The van der Waals surface area contributed by atoms with Crippen LogP contribution in [0.3, 0.4) is 0 Å². The zero-order valence-electron chi connectivity index (χ0n) is 10.0. The third kappa shape index (κ3) is 3.08. The second-order valence-electron chi connectivity index (χ2n) is 3.95. The summed E-state index contributed by atoms with van der Waals surface area (Å²) in [6.07, 6.45) is 0. The Hall–Kier alpha value is -0.850. The summed E-state index contributed by atoms with van der Waals surface area (Å²) >= 11 is 3.01.